The summed E-state index contributed by atoms with van der Waals surface area (Å²) < 4.78 is 40.6. The largest absolute Gasteiger partial charge is 0.240 e. The molecule has 5 heteroatoms. The highest BCUT2D eigenvalue weighted by molar-refractivity contribution is 7.89. The number of benzene rings is 3. The zero-order chi connectivity index (χ0) is 19.3. The van der Waals surface area contributed by atoms with E-state index in [0.717, 1.165) is 22.3 Å². The first-order valence-corrected chi connectivity index (χ1v) is 10.0. The second-order valence-corrected chi connectivity index (χ2v) is 7.99. The zero-order valence-electron chi connectivity index (χ0n) is 14.9. The average Bonchev–Trinajstić information content (AvgIpc) is 2.67. The van der Waals surface area contributed by atoms with Crippen molar-refractivity contribution in [2.45, 2.75) is 18.4 Å². The standard InChI is InChI=1S/C22H20FNO2S/c1-17-6-14-22(15-7-17)27(25,26)24-16-20-5-3-2-4-19(20)11-8-18-9-12-21(23)13-10-18/h2-15,24H,16H2,1H3/b11-8+. The van der Waals surface area contributed by atoms with E-state index in [-0.39, 0.29) is 17.3 Å². The molecule has 0 aliphatic heterocycles. The van der Waals surface area contributed by atoms with E-state index in [1.54, 1.807) is 36.4 Å². The summed E-state index contributed by atoms with van der Waals surface area (Å²) in [4.78, 5) is 0.243. The molecule has 0 saturated carbocycles. The predicted molar refractivity (Wildman–Crippen MR) is 107 cm³/mol. The maximum atomic E-state index is 13.0. The molecule has 0 spiro atoms. The Hall–Kier alpha value is -2.76. The summed E-state index contributed by atoms with van der Waals surface area (Å²) in [5.41, 5.74) is 3.62. The number of hydrogen-bond acceptors (Lipinski definition) is 2. The molecule has 138 valence electrons. The van der Waals surface area contributed by atoms with Gasteiger partial charge in [-0.25, -0.2) is 17.5 Å². The SMILES string of the molecule is Cc1ccc(S(=O)(=O)NCc2ccccc2/C=C/c2ccc(F)cc2)cc1. The topological polar surface area (TPSA) is 46.2 Å². The molecular formula is C22H20FNO2S. The normalized spacial score (nSPS) is 11.8. The van der Waals surface area contributed by atoms with E-state index in [4.69, 9.17) is 0 Å². The van der Waals surface area contributed by atoms with Crippen molar-refractivity contribution in [2.75, 3.05) is 0 Å². The van der Waals surface area contributed by atoms with Crippen molar-refractivity contribution in [2.24, 2.45) is 0 Å². The molecule has 0 fully saturated rings. The maximum absolute atomic E-state index is 13.0. The molecule has 0 bridgehead atoms. The summed E-state index contributed by atoms with van der Waals surface area (Å²) in [6, 6.07) is 20.5. The van der Waals surface area contributed by atoms with Crippen LogP contribution in [0.25, 0.3) is 12.2 Å². The number of nitrogens with one attached hydrogen (secondary N) is 1. The minimum absolute atomic E-state index is 0.181. The Morgan fingerprint density at radius 1 is 0.889 bits per heavy atom. The molecule has 0 saturated heterocycles. The minimum Gasteiger partial charge on any atom is -0.207 e. The first kappa shape index (κ1) is 19.0. The van der Waals surface area contributed by atoms with E-state index in [9.17, 15) is 12.8 Å². The van der Waals surface area contributed by atoms with Gasteiger partial charge in [-0.15, -0.1) is 0 Å². The van der Waals surface area contributed by atoms with Gasteiger partial charge in [-0.1, -0.05) is 66.2 Å². The molecule has 3 rings (SSSR count). The Balaban J connectivity index is 1.76. The van der Waals surface area contributed by atoms with Gasteiger partial charge in [0.1, 0.15) is 5.82 Å². The van der Waals surface area contributed by atoms with Crippen molar-refractivity contribution in [3.63, 3.8) is 0 Å². The Kier molecular flexibility index (Phi) is 5.84. The van der Waals surface area contributed by atoms with E-state index < -0.39 is 10.0 Å². The van der Waals surface area contributed by atoms with Crippen molar-refractivity contribution in [1.29, 1.82) is 0 Å². The Morgan fingerprint density at radius 3 is 2.26 bits per heavy atom. The van der Waals surface area contributed by atoms with E-state index in [2.05, 4.69) is 4.72 Å². The molecule has 0 amide bonds. The van der Waals surface area contributed by atoms with Crippen LogP contribution >= 0.6 is 0 Å². The highest BCUT2D eigenvalue weighted by Crippen LogP contribution is 2.16. The highest BCUT2D eigenvalue weighted by Gasteiger charge is 2.13. The number of hydrogen-bond donors (Lipinski definition) is 1. The molecule has 1 N–H and O–H groups in total. The van der Waals surface area contributed by atoms with Gasteiger partial charge in [-0.2, -0.15) is 0 Å². The fraction of sp³-hybridized carbons (Fsp3) is 0.0909. The van der Waals surface area contributed by atoms with Gasteiger partial charge in [0.25, 0.3) is 0 Å². The lowest BCUT2D eigenvalue weighted by Crippen LogP contribution is -2.23. The number of sulfonamides is 1. The van der Waals surface area contributed by atoms with Gasteiger partial charge in [-0.3, -0.25) is 0 Å². The van der Waals surface area contributed by atoms with Crippen LogP contribution in [0.3, 0.4) is 0 Å². The molecule has 0 atom stereocenters. The quantitative estimate of drug-likeness (QED) is 0.625. The maximum Gasteiger partial charge on any atom is 0.240 e. The Morgan fingerprint density at radius 2 is 1.56 bits per heavy atom. The van der Waals surface area contributed by atoms with Crippen LogP contribution in [-0.4, -0.2) is 8.42 Å². The predicted octanol–water partition coefficient (Wildman–Crippen LogP) is 4.78. The lowest BCUT2D eigenvalue weighted by Gasteiger charge is -2.09. The molecule has 3 aromatic carbocycles. The zero-order valence-corrected chi connectivity index (χ0v) is 15.7. The monoisotopic (exact) mass is 381 g/mol. The molecule has 0 heterocycles. The fourth-order valence-corrected chi connectivity index (χ4v) is 3.60. The van der Waals surface area contributed by atoms with Crippen molar-refractivity contribution >= 4 is 22.2 Å². The van der Waals surface area contributed by atoms with E-state index in [0.29, 0.717) is 0 Å². The van der Waals surface area contributed by atoms with E-state index >= 15 is 0 Å². The van der Waals surface area contributed by atoms with Crippen LogP contribution in [0.4, 0.5) is 4.39 Å². The Bertz CT molecular complexity index is 1040. The summed E-state index contributed by atoms with van der Waals surface area (Å²) in [5, 5.41) is 0. The summed E-state index contributed by atoms with van der Waals surface area (Å²) in [6.45, 7) is 2.09. The molecule has 3 nitrogen and oxygen atoms in total. The average molecular weight is 381 g/mol. The van der Waals surface area contributed by atoms with Gasteiger partial charge < -0.3 is 0 Å². The van der Waals surface area contributed by atoms with Gasteiger partial charge >= 0.3 is 0 Å². The summed E-state index contributed by atoms with van der Waals surface area (Å²) in [5.74, 6) is -0.280. The lowest BCUT2D eigenvalue weighted by molar-refractivity contribution is 0.581. The first-order chi connectivity index (χ1) is 12.9. The van der Waals surface area contributed by atoms with Crippen LogP contribution in [0.5, 0.6) is 0 Å². The fourth-order valence-electron chi connectivity index (χ4n) is 2.59. The van der Waals surface area contributed by atoms with Crippen LogP contribution in [-0.2, 0) is 16.6 Å². The molecule has 0 unspecified atom stereocenters. The summed E-state index contributed by atoms with van der Waals surface area (Å²) in [7, 11) is -3.58. The molecule has 0 radical (unpaired) electrons. The van der Waals surface area contributed by atoms with E-state index in [1.807, 2.05) is 43.3 Å². The van der Waals surface area contributed by atoms with Crippen molar-refractivity contribution in [3.05, 3.63) is 101 Å². The second kappa shape index (κ2) is 8.29. The molecule has 3 aromatic rings. The summed E-state index contributed by atoms with van der Waals surface area (Å²) >= 11 is 0. The van der Waals surface area contributed by atoms with Crippen LogP contribution in [0, 0.1) is 12.7 Å². The summed E-state index contributed by atoms with van der Waals surface area (Å²) in [6.07, 6.45) is 3.76. The number of halogens is 1. The smallest absolute Gasteiger partial charge is 0.207 e. The Labute approximate surface area is 159 Å². The number of rotatable bonds is 6. The van der Waals surface area contributed by atoms with Crippen LogP contribution in [0.1, 0.15) is 22.3 Å². The van der Waals surface area contributed by atoms with E-state index in [1.165, 1.54) is 12.1 Å². The number of aryl methyl sites for hydroxylation is 1. The third-order valence-electron chi connectivity index (χ3n) is 4.16. The van der Waals surface area contributed by atoms with Gasteiger partial charge in [0, 0.05) is 6.54 Å². The third kappa shape index (κ3) is 5.12. The molecule has 0 aromatic heterocycles. The highest BCUT2D eigenvalue weighted by atomic mass is 32.2. The van der Waals surface area contributed by atoms with Crippen molar-refractivity contribution in [1.82, 2.24) is 4.72 Å². The van der Waals surface area contributed by atoms with Crippen molar-refractivity contribution < 1.29 is 12.8 Å². The molecule has 0 aliphatic rings. The van der Waals surface area contributed by atoms with Gasteiger partial charge in [0.15, 0.2) is 0 Å². The van der Waals surface area contributed by atoms with Crippen molar-refractivity contribution in [3.8, 4) is 0 Å². The van der Waals surface area contributed by atoms with Crippen LogP contribution < -0.4 is 4.72 Å². The lowest BCUT2D eigenvalue weighted by atomic mass is 10.1. The third-order valence-corrected chi connectivity index (χ3v) is 5.58. The van der Waals surface area contributed by atoms with Crippen LogP contribution in [0.15, 0.2) is 77.7 Å². The second-order valence-electron chi connectivity index (χ2n) is 6.22. The minimum atomic E-state index is -3.58. The first-order valence-electron chi connectivity index (χ1n) is 8.52. The molecule has 27 heavy (non-hydrogen) atoms. The van der Waals surface area contributed by atoms with Gasteiger partial charge in [-0.05, 0) is 47.9 Å². The van der Waals surface area contributed by atoms with Gasteiger partial charge in [0.05, 0.1) is 4.90 Å². The van der Waals surface area contributed by atoms with Gasteiger partial charge in [0.2, 0.25) is 10.0 Å². The molecular weight excluding hydrogens is 361 g/mol. The van der Waals surface area contributed by atoms with Crippen LogP contribution in [0.2, 0.25) is 0 Å². The molecule has 0 aliphatic carbocycles.